The van der Waals surface area contributed by atoms with Crippen molar-refractivity contribution in [1.82, 2.24) is 4.98 Å². The van der Waals surface area contributed by atoms with Crippen molar-refractivity contribution >= 4 is 11.6 Å². The van der Waals surface area contributed by atoms with Gasteiger partial charge in [-0.15, -0.1) is 0 Å². The van der Waals surface area contributed by atoms with Gasteiger partial charge in [0.2, 0.25) is 5.88 Å². The fourth-order valence-corrected chi connectivity index (χ4v) is 4.53. The largest absolute Gasteiger partial charge is 0.473 e. The van der Waals surface area contributed by atoms with E-state index in [1.807, 2.05) is 55.5 Å². The second-order valence-electron chi connectivity index (χ2n) is 8.55. The zero-order valence-corrected chi connectivity index (χ0v) is 19.2. The van der Waals surface area contributed by atoms with Crippen LogP contribution < -0.4 is 9.47 Å². The summed E-state index contributed by atoms with van der Waals surface area (Å²) in [4.78, 5) is 4.24. The molecule has 0 spiro atoms. The summed E-state index contributed by atoms with van der Waals surface area (Å²) in [7, 11) is 0. The predicted octanol–water partition coefficient (Wildman–Crippen LogP) is 6.90. The molecule has 0 radical (unpaired) electrons. The molecule has 0 aliphatic heterocycles. The van der Waals surface area contributed by atoms with Gasteiger partial charge in [0.15, 0.2) is 0 Å². The zero-order chi connectivity index (χ0) is 22.3. The molecule has 1 N–H and O–H groups in total. The van der Waals surface area contributed by atoms with Gasteiger partial charge >= 0.3 is 0 Å². The molecule has 4 nitrogen and oxygen atoms in total. The summed E-state index contributed by atoms with van der Waals surface area (Å²) in [6, 6.07) is 17.6. The van der Waals surface area contributed by atoms with Crippen LogP contribution in [0.15, 0.2) is 60.8 Å². The van der Waals surface area contributed by atoms with Crippen LogP contribution in [0.25, 0.3) is 0 Å². The van der Waals surface area contributed by atoms with E-state index in [-0.39, 0.29) is 12.7 Å². The number of hydrogen-bond donors (Lipinski definition) is 1. The number of aliphatic hydroxyl groups is 1. The van der Waals surface area contributed by atoms with E-state index >= 15 is 0 Å². The average molecular weight is 452 g/mol. The molecule has 32 heavy (non-hydrogen) atoms. The van der Waals surface area contributed by atoms with Crippen molar-refractivity contribution < 1.29 is 14.6 Å². The topological polar surface area (TPSA) is 51.6 Å². The van der Waals surface area contributed by atoms with Crippen molar-refractivity contribution in [3.63, 3.8) is 0 Å². The Morgan fingerprint density at radius 1 is 1.00 bits per heavy atom. The number of aryl methyl sites for hydroxylation is 2. The Labute approximate surface area is 195 Å². The van der Waals surface area contributed by atoms with E-state index in [0.717, 1.165) is 66.7 Å². The number of aliphatic hydroxyl groups excluding tert-OH is 1. The van der Waals surface area contributed by atoms with E-state index in [2.05, 4.69) is 11.1 Å². The van der Waals surface area contributed by atoms with Gasteiger partial charge in [0.25, 0.3) is 0 Å². The van der Waals surface area contributed by atoms with Crippen LogP contribution in [-0.4, -0.2) is 16.2 Å². The van der Waals surface area contributed by atoms with E-state index in [0.29, 0.717) is 16.8 Å². The van der Waals surface area contributed by atoms with E-state index in [1.54, 1.807) is 6.20 Å². The van der Waals surface area contributed by atoms with Crippen molar-refractivity contribution in [1.29, 1.82) is 0 Å². The SMILES string of the molecule is Cc1ccccc1Oc1ccc(CO)c(CCC2CCC(Oc3ncccc3Cl)CC2)c1. The maximum atomic E-state index is 9.80. The number of halogens is 1. The summed E-state index contributed by atoms with van der Waals surface area (Å²) >= 11 is 6.17. The van der Waals surface area contributed by atoms with E-state index in [9.17, 15) is 5.11 Å². The van der Waals surface area contributed by atoms with Crippen molar-refractivity contribution in [2.75, 3.05) is 0 Å². The van der Waals surface area contributed by atoms with Gasteiger partial charge < -0.3 is 14.6 Å². The van der Waals surface area contributed by atoms with Crippen molar-refractivity contribution in [2.24, 2.45) is 5.92 Å². The van der Waals surface area contributed by atoms with Crippen molar-refractivity contribution in [3.8, 4) is 17.4 Å². The highest BCUT2D eigenvalue weighted by atomic mass is 35.5. The van der Waals surface area contributed by atoms with Gasteiger partial charge in [-0.05, 0) is 98.4 Å². The number of nitrogens with zero attached hydrogens (tertiary/aromatic N) is 1. The number of para-hydroxylation sites is 1. The molecule has 1 heterocycles. The van der Waals surface area contributed by atoms with Crippen molar-refractivity contribution in [2.45, 2.75) is 58.2 Å². The third kappa shape index (κ3) is 5.81. The number of rotatable bonds is 8. The molecule has 1 aliphatic rings. The lowest BCUT2D eigenvalue weighted by Gasteiger charge is -2.29. The second kappa shape index (κ2) is 10.8. The number of ether oxygens (including phenoxy) is 2. The molecule has 0 unspecified atom stereocenters. The Morgan fingerprint density at radius 2 is 1.81 bits per heavy atom. The first kappa shape index (κ1) is 22.6. The predicted molar refractivity (Wildman–Crippen MR) is 128 cm³/mol. The minimum atomic E-state index is 0.0470. The van der Waals surface area contributed by atoms with Crippen LogP contribution in [0, 0.1) is 12.8 Å². The molecule has 2 aromatic carbocycles. The third-order valence-electron chi connectivity index (χ3n) is 6.29. The summed E-state index contributed by atoms with van der Waals surface area (Å²) in [6.45, 7) is 2.09. The molecule has 5 heteroatoms. The van der Waals surface area contributed by atoms with Crippen LogP contribution in [0.5, 0.6) is 17.4 Å². The summed E-state index contributed by atoms with van der Waals surface area (Å²) in [5, 5.41) is 10.4. The smallest absolute Gasteiger partial charge is 0.232 e. The first-order valence-electron chi connectivity index (χ1n) is 11.4. The molecule has 3 aromatic rings. The van der Waals surface area contributed by atoms with Gasteiger partial charge in [-0.1, -0.05) is 35.9 Å². The fraction of sp³-hybridized carbons (Fsp3) is 0.370. The summed E-state index contributed by atoms with van der Waals surface area (Å²) < 4.78 is 12.1. The maximum absolute atomic E-state index is 9.80. The van der Waals surface area contributed by atoms with E-state index < -0.39 is 0 Å². The monoisotopic (exact) mass is 451 g/mol. The lowest BCUT2D eigenvalue weighted by molar-refractivity contribution is 0.123. The molecule has 1 aliphatic carbocycles. The maximum Gasteiger partial charge on any atom is 0.232 e. The summed E-state index contributed by atoms with van der Waals surface area (Å²) in [6.07, 6.45) is 8.20. The van der Waals surface area contributed by atoms with Gasteiger partial charge in [0.05, 0.1) is 6.61 Å². The third-order valence-corrected chi connectivity index (χ3v) is 6.58. The highest BCUT2D eigenvalue weighted by molar-refractivity contribution is 6.31. The van der Waals surface area contributed by atoms with Crippen LogP contribution in [0.3, 0.4) is 0 Å². The van der Waals surface area contributed by atoms with Gasteiger partial charge in [0, 0.05) is 6.20 Å². The molecule has 0 atom stereocenters. The molecule has 0 bridgehead atoms. The Morgan fingerprint density at radius 3 is 2.56 bits per heavy atom. The Bertz CT molecular complexity index is 1030. The van der Waals surface area contributed by atoms with E-state index in [1.165, 1.54) is 0 Å². The number of benzene rings is 2. The van der Waals surface area contributed by atoms with Gasteiger partial charge in [-0.25, -0.2) is 4.98 Å². The second-order valence-corrected chi connectivity index (χ2v) is 8.95. The van der Waals surface area contributed by atoms with Crippen molar-refractivity contribution in [3.05, 3.63) is 82.5 Å². The molecular weight excluding hydrogens is 422 g/mol. The van der Waals surface area contributed by atoms with Crippen LogP contribution in [0.4, 0.5) is 0 Å². The van der Waals surface area contributed by atoms with Crippen LogP contribution in [-0.2, 0) is 13.0 Å². The zero-order valence-electron chi connectivity index (χ0n) is 18.5. The lowest BCUT2D eigenvalue weighted by Crippen LogP contribution is -2.25. The molecule has 0 amide bonds. The minimum absolute atomic E-state index is 0.0470. The normalized spacial score (nSPS) is 18.3. The molecule has 1 saturated carbocycles. The average Bonchev–Trinajstić information content (AvgIpc) is 2.82. The molecule has 168 valence electrons. The van der Waals surface area contributed by atoms with E-state index in [4.69, 9.17) is 21.1 Å². The number of aromatic nitrogens is 1. The molecule has 1 fully saturated rings. The first-order chi connectivity index (χ1) is 15.6. The Kier molecular flexibility index (Phi) is 7.67. The molecule has 0 saturated heterocycles. The number of pyridine rings is 1. The highest BCUT2D eigenvalue weighted by Crippen LogP contribution is 2.33. The van der Waals surface area contributed by atoms with Crippen LogP contribution in [0.2, 0.25) is 5.02 Å². The van der Waals surface area contributed by atoms with Crippen LogP contribution >= 0.6 is 11.6 Å². The quantitative estimate of drug-likeness (QED) is 0.404. The van der Waals surface area contributed by atoms with Gasteiger partial charge in [0.1, 0.15) is 22.6 Å². The first-order valence-corrected chi connectivity index (χ1v) is 11.7. The number of hydrogen-bond acceptors (Lipinski definition) is 4. The minimum Gasteiger partial charge on any atom is -0.473 e. The molecule has 4 rings (SSSR count). The van der Waals surface area contributed by atoms with Gasteiger partial charge in [-0.3, -0.25) is 0 Å². The van der Waals surface area contributed by atoms with Crippen LogP contribution in [0.1, 0.15) is 48.8 Å². The summed E-state index contributed by atoms with van der Waals surface area (Å²) in [5.41, 5.74) is 3.24. The fourth-order valence-electron chi connectivity index (χ4n) is 4.36. The van der Waals surface area contributed by atoms with Gasteiger partial charge in [-0.2, -0.15) is 0 Å². The molecular formula is C27H30ClNO3. The standard InChI is InChI=1S/C27H30ClNO3/c1-19-5-2-3-7-26(19)31-24-15-12-22(18-30)21(17-24)11-8-20-9-13-23(14-10-20)32-27-25(28)6-4-16-29-27/h2-7,12,15-17,20,23,30H,8-11,13-14,18H2,1H3. The summed E-state index contributed by atoms with van der Waals surface area (Å²) in [5.74, 6) is 2.87. The highest BCUT2D eigenvalue weighted by Gasteiger charge is 2.23. The Hall–Kier alpha value is -2.56. The Balaban J connectivity index is 1.32. The molecule has 1 aromatic heterocycles. The lowest BCUT2D eigenvalue weighted by atomic mass is 9.83.